The number of nitrogens with one attached hydrogen (secondary N) is 1. The van der Waals surface area contributed by atoms with Gasteiger partial charge in [0.25, 0.3) is 0 Å². The van der Waals surface area contributed by atoms with E-state index < -0.39 is 0 Å². The molecule has 4 unspecified atom stereocenters. The van der Waals surface area contributed by atoms with E-state index >= 15 is 0 Å². The van der Waals surface area contributed by atoms with Crippen LogP contribution in [0.3, 0.4) is 0 Å². The van der Waals surface area contributed by atoms with Crippen molar-refractivity contribution in [1.82, 2.24) is 10.2 Å². The van der Waals surface area contributed by atoms with Gasteiger partial charge in [-0.3, -0.25) is 0 Å². The molecule has 1 aromatic rings. The van der Waals surface area contributed by atoms with Gasteiger partial charge in [0, 0.05) is 11.4 Å². The number of likely N-dealkylation sites (N-methyl/N-ethyl adjacent to an activating group) is 1. The van der Waals surface area contributed by atoms with Gasteiger partial charge in [-0.1, -0.05) is 18.2 Å². The number of allylic oxidation sites excluding steroid dienone is 2. The zero-order valence-corrected chi connectivity index (χ0v) is 12.7. The van der Waals surface area contributed by atoms with Gasteiger partial charge in [0.1, 0.15) is 0 Å². The van der Waals surface area contributed by atoms with Crippen molar-refractivity contribution in [2.75, 3.05) is 27.2 Å². The van der Waals surface area contributed by atoms with Crippen LogP contribution in [-0.2, 0) is 0 Å². The van der Waals surface area contributed by atoms with E-state index in [1.54, 1.807) is 0 Å². The molecule has 0 aromatic carbocycles. The summed E-state index contributed by atoms with van der Waals surface area (Å²) in [6.07, 6.45) is 7.69. The maximum absolute atomic E-state index is 3.71. The molecule has 1 N–H and O–H groups in total. The molecule has 0 amide bonds. The number of rotatable bonds is 6. The van der Waals surface area contributed by atoms with Gasteiger partial charge in [-0.25, -0.2) is 0 Å². The average Bonchev–Trinajstić information content (AvgIpc) is 3.10. The third-order valence-electron chi connectivity index (χ3n) is 4.66. The van der Waals surface area contributed by atoms with Crippen LogP contribution in [0.25, 0.3) is 0 Å². The lowest BCUT2D eigenvalue weighted by Crippen LogP contribution is -2.34. The smallest absolute Gasteiger partial charge is 0.0561 e. The van der Waals surface area contributed by atoms with Crippen LogP contribution in [0.15, 0.2) is 29.7 Å². The first-order valence-corrected chi connectivity index (χ1v) is 8.21. The lowest BCUT2D eigenvalue weighted by molar-refractivity contribution is 0.283. The maximum Gasteiger partial charge on any atom is 0.0561 e. The number of hydrogen-bond acceptors (Lipinski definition) is 3. The van der Waals surface area contributed by atoms with Crippen LogP contribution in [0.5, 0.6) is 0 Å². The standard InChI is InChI=1S/C16H24N2S/c1-18(2)15(16-4-3-7-19-16)11-17-10-14-9-12-5-6-13(14)8-12/h3-7,12-15,17H,8-11H2,1-2H3. The molecule has 2 aliphatic rings. The highest BCUT2D eigenvalue weighted by Gasteiger charge is 2.35. The van der Waals surface area contributed by atoms with E-state index in [0.29, 0.717) is 6.04 Å². The van der Waals surface area contributed by atoms with E-state index in [0.717, 1.165) is 24.3 Å². The molecule has 1 heterocycles. The molecule has 2 bridgehead atoms. The Morgan fingerprint density at radius 2 is 2.26 bits per heavy atom. The summed E-state index contributed by atoms with van der Waals surface area (Å²) < 4.78 is 0. The molecule has 2 nitrogen and oxygen atoms in total. The molecule has 3 rings (SSSR count). The SMILES string of the molecule is CN(C)C(CNCC1CC2C=CC1C2)c1cccs1. The Morgan fingerprint density at radius 3 is 2.84 bits per heavy atom. The van der Waals surface area contributed by atoms with E-state index in [1.165, 1.54) is 24.3 Å². The molecular formula is C16H24N2S. The molecule has 3 heteroatoms. The van der Waals surface area contributed by atoms with E-state index in [-0.39, 0.29) is 0 Å². The van der Waals surface area contributed by atoms with Gasteiger partial charge < -0.3 is 10.2 Å². The molecule has 1 saturated carbocycles. The van der Waals surface area contributed by atoms with Gasteiger partial charge in [0.05, 0.1) is 6.04 Å². The van der Waals surface area contributed by atoms with Crippen molar-refractivity contribution < 1.29 is 0 Å². The highest BCUT2D eigenvalue weighted by atomic mass is 32.1. The summed E-state index contributed by atoms with van der Waals surface area (Å²) in [6.45, 7) is 2.24. The molecule has 104 valence electrons. The van der Waals surface area contributed by atoms with Crippen molar-refractivity contribution in [3.63, 3.8) is 0 Å². The Morgan fingerprint density at radius 1 is 1.37 bits per heavy atom. The minimum Gasteiger partial charge on any atom is -0.315 e. The predicted molar refractivity (Wildman–Crippen MR) is 82.5 cm³/mol. The fourth-order valence-corrected chi connectivity index (χ4v) is 4.48. The van der Waals surface area contributed by atoms with Crippen LogP contribution >= 0.6 is 11.3 Å². The normalized spacial score (nSPS) is 30.4. The summed E-state index contributed by atoms with van der Waals surface area (Å²) in [5.41, 5.74) is 0. The first kappa shape index (κ1) is 13.3. The van der Waals surface area contributed by atoms with Crippen molar-refractivity contribution in [2.24, 2.45) is 17.8 Å². The van der Waals surface area contributed by atoms with Crippen LogP contribution in [0, 0.1) is 17.8 Å². The van der Waals surface area contributed by atoms with Crippen LogP contribution in [-0.4, -0.2) is 32.1 Å². The quantitative estimate of drug-likeness (QED) is 0.803. The molecule has 0 radical (unpaired) electrons. The number of nitrogens with zero attached hydrogens (tertiary/aromatic N) is 1. The summed E-state index contributed by atoms with van der Waals surface area (Å²) in [5.74, 6) is 2.62. The molecule has 4 atom stereocenters. The fourth-order valence-electron chi connectivity index (χ4n) is 3.55. The Hall–Kier alpha value is -0.640. The highest BCUT2D eigenvalue weighted by molar-refractivity contribution is 7.10. The summed E-state index contributed by atoms with van der Waals surface area (Å²) in [7, 11) is 4.35. The number of thiophene rings is 1. The summed E-state index contributed by atoms with van der Waals surface area (Å²) in [6, 6.07) is 4.91. The molecule has 0 saturated heterocycles. The summed E-state index contributed by atoms with van der Waals surface area (Å²) in [4.78, 5) is 3.78. The minimum atomic E-state index is 0.508. The zero-order valence-electron chi connectivity index (χ0n) is 11.9. The van der Waals surface area contributed by atoms with E-state index in [2.05, 4.69) is 54.0 Å². The van der Waals surface area contributed by atoms with E-state index in [9.17, 15) is 0 Å². The van der Waals surface area contributed by atoms with Crippen molar-refractivity contribution in [1.29, 1.82) is 0 Å². The Bertz CT molecular complexity index is 424. The van der Waals surface area contributed by atoms with Crippen molar-refractivity contribution in [3.8, 4) is 0 Å². The van der Waals surface area contributed by atoms with Crippen LogP contribution in [0.1, 0.15) is 23.8 Å². The summed E-state index contributed by atoms with van der Waals surface area (Å²) >= 11 is 1.86. The first-order chi connectivity index (χ1) is 9.24. The maximum atomic E-state index is 3.71. The topological polar surface area (TPSA) is 15.3 Å². The third kappa shape index (κ3) is 2.93. The van der Waals surface area contributed by atoms with Crippen LogP contribution < -0.4 is 5.32 Å². The van der Waals surface area contributed by atoms with Gasteiger partial charge >= 0.3 is 0 Å². The molecule has 19 heavy (non-hydrogen) atoms. The molecule has 0 spiro atoms. The van der Waals surface area contributed by atoms with E-state index in [4.69, 9.17) is 0 Å². The van der Waals surface area contributed by atoms with Crippen molar-refractivity contribution >= 4 is 11.3 Å². The second-order valence-corrected chi connectivity index (χ2v) is 7.17. The number of fused-ring (bicyclic) bond motifs is 2. The Kier molecular flexibility index (Phi) is 4.06. The lowest BCUT2D eigenvalue weighted by atomic mass is 9.93. The Balaban J connectivity index is 1.49. The largest absolute Gasteiger partial charge is 0.315 e. The lowest BCUT2D eigenvalue weighted by Gasteiger charge is -2.25. The van der Waals surface area contributed by atoms with Gasteiger partial charge in [-0.2, -0.15) is 0 Å². The molecular weight excluding hydrogens is 252 g/mol. The molecule has 1 aromatic heterocycles. The number of hydrogen-bond donors (Lipinski definition) is 1. The van der Waals surface area contributed by atoms with Crippen LogP contribution in [0.2, 0.25) is 0 Å². The van der Waals surface area contributed by atoms with Crippen LogP contribution in [0.4, 0.5) is 0 Å². The summed E-state index contributed by atoms with van der Waals surface area (Å²) in [5, 5.41) is 5.89. The van der Waals surface area contributed by atoms with Gasteiger partial charge in [-0.15, -0.1) is 11.3 Å². The first-order valence-electron chi connectivity index (χ1n) is 7.33. The zero-order chi connectivity index (χ0) is 13.2. The second-order valence-electron chi connectivity index (χ2n) is 6.19. The van der Waals surface area contributed by atoms with Gasteiger partial charge in [0.15, 0.2) is 0 Å². The molecule has 1 fully saturated rings. The highest BCUT2D eigenvalue weighted by Crippen LogP contribution is 2.42. The third-order valence-corrected chi connectivity index (χ3v) is 5.63. The van der Waals surface area contributed by atoms with E-state index in [1.807, 2.05) is 11.3 Å². The van der Waals surface area contributed by atoms with Gasteiger partial charge in [0.2, 0.25) is 0 Å². The Labute approximate surface area is 120 Å². The molecule has 0 aliphatic heterocycles. The minimum absolute atomic E-state index is 0.508. The monoisotopic (exact) mass is 276 g/mol. The van der Waals surface area contributed by atoms with Crippen molar-refractivity contribution in [2.45, 2.75) is 18.9 Å². The predicted octanol–water partition coefficient (Wildman–Crippen LogP) is 3.15. The van der Waals surface area contributed by atoms with Crippen molar-refractivity contribution in [3.05, 3.63) is 34.5 Å². The fraction of sp³-hybridized carbons (Fsp3) is 0.625. The molecule has 2 aliphatic carbocycles. The van der Waals surface area contributed by atoms with Gasteiger partial charge in [-0.05, 0) is 62.7 Å². The second kappa shape index (κ2) is 5.78. The average molecular weight is 276 g/mol.